The zero-order valence-corrected chi connectivity index (χ0v) is 18.2. The topological polar surface area (TPSA) is 0 Å². The number of hydrogen-bond donors (Lipinski definition) is 0. The molecule has 0 amide bonds. The third-order valence-corrected chi connectivity index (χ3v) is 9.72. The molecule has 0 nitrogen and oxygen atoms in total. The summed E-state index contributed by atoms with van der Waals surface area (Å²) in [6.45, 7) is 23.0. The maximum absolute atomic E-state index is 2.32. The van der Waals surface area contributed by atoms with Crippen molar-refractivity contribution >= 4 is 8.15 Å². The number of benzene rings is 2. The average Bonchev–Trinajstić information content (AvgIpc) is 2.54. The Bertz CT molecular complexity index is 669. The summed E-state index contributed by atoms with van der Waals surface area (Å²) in [6, 6.07) is 0. The van der Waals surface area contributed by atoms with E-state index in [9.17, 15) is 0 Å². The van der Waals surface area contributed by atoms with Crippen LogP contribution in [0.5, 0.6) is 0 Å². The van der Waals surface area contributed by atoms with Crippen molar-refractivity contribution in [3.05, 3.63) is 55.6 Å². The fourth-order valence-electron chi connectivity index (χ4n) is 3.29. The summed E-state index contributed by atoms with van der Waals surface area (Å²) in [7, 11) is 0. The zero-order valence-electron chi connectivity index (χ0n) is 16.4. The van der Waals surface area contributed by atoms with E-state index in [1.165, 1.54) is 55.6 Å². The minimum atomic E-state index is -0.151. The fourth-order valence-corrected chi connectivity index (χ4v) is 6.54. The van der Waals surface area contributed by atoms with Gasteiger partial charge in [0.25, 0.3) is 0 Å². The zero-order chi connectivity index (χ0) is 17.6. The van der Waals surface area contributed by atoms with Crippen LogP contribution in [-0.2, 0) is 17.7 Å². The van der Waals surface area contributed by atoms with Crippen molar-refractivity contribution in [2.45, 2.75) is 69.2 Å². The molecule has 0 bridgehead atoms. The van der Waals surface area contributed by atoms with E-state index < -0.39 is 0 Å². The number of hydrogen-bond acceptors (Lipinski definition) is 0. The molecule has 0 aliphatic carbocycles. The van der Waals surface area contributed by atoms with Gasteiger partial charge >= 0.3 is 151 Å². The van der Waals surface area contributed by atoms with Crippen LogP contribution in [0.25, 0.3) is 0 Å². The average molecular weight is 392 g/mol. The Labute approximate surface area is 150 Å². The van der Waals surface area contributed by atoms with Gasteiger partial charge < -0.3 is 0 Å². The van der Waals surface area contributed by atoms with Crippen molar-refractivity contribution < 1.29 is 17.7 Å². The maximum atomic E-state index is 2.32. The van der Waals surface area contributed by atoms with E-state index in [1.807, 2.05) is 0 Å². The first-order valence-corrected chi connectivity index (χ1v) is 10.2. The second kappa shape index (κ2) is 6.53. The summed E-state index contributed by atoms with van der Waals surface area (Å²) in [5.74, 6) is 0. The van der Waals surface area contributed by atoms with Crippen LogP contribution in [0.2, 0.25) is 0 Å². The van der Waals surface area contributed by atoms with Crippen molar-refractivity contribution in [1.82, 2.24) is 0 Å². The fraction of sp³-hybridized carbons (Fsp3) is 0.455. The Hall–Kier alpha value is -0.911. The van der Waals surface area contributed by atoms with E-state index in [-0.39, 0.29) is 17.7 Å². The van der Waals surface area contributed by atoms with Crippen LogP contribution in [0.1, 0.15) is 55.6 Å². The van der Waals surface area contributed by atoms with Crippen LogP contribution in [0.15, 0.2) is 0 Å². The SMILES string of the molecule is Cc1c(C)c(C)[c]([Tc][c]2c(C)c(C)c(C)c(C)c2C)c(C)c1C. The van der Waals surface area contributed by atoms with Crippen LogP contribution in [-0.4, -0.2) is 0 Å². The molecule has 2 rings (SSSR count). The van der Waals surface area contributed by atoms with Crippen LogP contribution in [0.3, 0.4) is 0 Å². The third-order valence-electron chi connectivity index (χ3n) is 6.01. The molecule has 0 aliphatic rings. The Kier molecular flexibility index (Phi) is 5.24. The molecule has 0 spiro atoms. The molecule has 0 radical (unpaired) electrons. The summed E-state index contributed by atoms with van der Waals surface area (Å²) in [4.78, 5) is 0. The Morgan fingerprint density at radius 3 is 0.696 bits per heavy atom. The first kappa shape index (κ1) is 18.4. The monoisotopic (exact) mass is 391 g/mol. The second-order valence-corrected chi connectivity index (χ2v) is 9.30. The van der Waals surface area contributed by atoms with Crippen LogP contribution < -0.4 is 8.15 Å². The van der Waals surface area contributed by atoms with Gasteiger partial charge in [0.1, 0.15) is 0 Å². The summed E-state index contributed by atoms with van der Waals surface area (Å²) >= 11 is -0.151. The van der Waals surface area contributed by atoms with Gasteiger partial charge in [-0.2, -0.15) is 0 Å². The molecule has 0 atom stereocenters. The molecule has 0 heterocycles. The van der Waals surface area contributed by atoms with E-state index in [2.05, 4.69) is 69.2 Å². The first-order valence-electron chi connectivity index (χ1n) is 8.38. The molecule has 0 aromatic heterocycles. The predicted molar refractivity (Wildman–Crippen MR) is 99.5 cm³/mol. The van der Waals surface area contributed by atoms with Gasteiger partial charge in [0.05, 0.1) is 0 Å². The molecule has 125 valence electrons. The Morgan fingerprint density at radius 1 is 0.304 bits per heavy atom. The molecular formula is C22H30Tc. The van der Waals surface area contributed by atoms with Gasteiger partial charge in [-0.25, -0.2) is 0 Å². The predicted octanol–water partition coefficient (Wildman–Crippen LogP) is 4.80. The van der Waals surface area contributed by atoms with Crippen molar-refractivity contribution in [2.24, 2.45) is 0 Å². The van der Waals surface area contributed by atoms with Crippen molar-refractivity contribution in [2.75, 3.05) is 0 Å². The van der Waals surface area contributed by atoms with E-state index in [4.69, 9.17) is 0 Å². The summed E-state index contributed by atoms with van der Waals surface area (Å²) < 4.78 is 3.27. The summed E-state index contributed by atoms with van der Waals surface area (Å²) in [5.41, 5.74) is 15.0. The van der Waals surface area contributed by atoms with Crippen molar-refractivity contribution in [3.63, 3.8) is 0 Å². The Morgan fingerprint density at radius 2 is 0.478 bits per heavy atom. The molecule has 0 unspecified atom stereocenters. The third kappa shape index (κ3) is 2.94. The van der Waals surface area contributed by atoms with Crippen LogP contribution >= 0.6 is 0 Å². The van der Waals surface area contributed by atoms with Gasteiger partial charge in [0.15, 0.2) is 0 Å². The van der Waals surface area contributed by atoms with Crippen LogP contribution in [0.4, 0.5) is 0 Å². The van der Waals surface area contributed by atoms with Gasteiger partial charge in [-0.1, -0.05) is 0 Å². The van der Waals surface area contributed by atoms with E-state index in [0.717, 1.165) is 0 Å². The number of rotatable bonds is 2. The van der Waals surface area contributed by atoms with Gasteiger partial charge in [0, 0.05) is 0 Å². The minimum absolute atomic E-state index is 0.151. The van der Waals surface area contributed by atoms with Gasteiger partial charge in [-0.15, -0.1) is 0 Å². The molecule has 0 saturated carbocycles. The second-order valence-electron chi connectivity index (χ2n) is 6.97. The van der Waals surface area contributed by atoms with Gasteiger partial charge in [0.2, 0.25) is 0 Å². The first-order chi connectivity index (χ1) is 10.6. The Balaban J connectivity index is 2.71. The van der Waals surface area contributed by atoms with E-state index in [0.29, 0.717) is 0 Å². The molecule has 1 heteroatoms. The normalized spacial score (nSPS) is 11.2. The molecule has 2 aromatic rings. The van der Waals surface area contributed by atoms with E-state index in [1.54, 1.807) is 8.15 Å². The molecule has 0 aliphatic heterocycles. The van der Waals surface area contributed by atoms with Crippen molar-refractivity contribution in [1.29, 1.82) is 0 Å². The molecule has 2 aromatic carbocycles. The van der Waals surface area contributed by atoms with E-state index >= 15 is 0 Å². The molecule has 0 saturated heterocycles. The molecular weight excluding hydrogens is 362 g/mol. The van der Waals surface area contributed by atoms with Crippen molar-refractivity contribution in [3.8, 4) is 0 Å². The van der Waals surface area contributed by atoms with Gasteiger partial charge in [-0.3, -0.25) is 0 Å². The molecule has 0 N–H and O–H groups in total. The molecule has 23 heavy (non-hydrogen) atoms. The summed E-state index contributed by atoms with van der Waals surface area (Å²) in [5, 5.41) is 0. The quantitative estimate of drug-likeness (QED) is 0.688. The standard InChI is InChI=1S/2C11H15.Tc/c2*1-7-6-8(2)10(4)11(5)9(7)3;/h2*1-5H3;. The van der Waals surface area contributed by atoms with Gasteiger partial charge in [-0.05, 0) is 0 Å². The summed E-state index contributed by atoms with van der Waals surface area (Å²) in [6.07, 6.45) is 0. The van der Waals surface area contributed by atoms with Crippen LogP contribution in [0, 0.1) is 69.2 Å². The molecule has 0 fully saturated rings.